The van der Waals surface area contributed by atoms with Gasteiger partial charge in [0.05, 0.1) is 0 Å². The van der Waals surface area contributed by atoms with Gasteiger partial charge in [-0.1, -0.05) is 38.7 Å². The summed E-state index contributed by atoms with van der Waals surface area (Å²) in [6.45, 7) is 2.99. The molecule has 0 saturated heterocycles. The Labute approximate surface area is 126 Å². The lowest BCUT2D eigenvalue weighted by Gasteiger charge is -2.28. The molecule has 0 radical (unpaired) electrons. The number of rotatable bonds is 6. The van der Waals surface area contributed by atoms with E-state index in [9.17, 15) is 4.79 Å². The summed E-state index contributed by atoms with van der Waals surface area (Å²) in [5, 5.41) is 0.910. The molecule has 4 heteroatoms. The molecule has 1 aliphatic carbocycles. The van der Waals surface area contributed by atoms with Crippen LogP contribution in [0.4, 0.5) is 0 Å². The van der Waals surface area contributed by atoms with Gasteiger partial charge in [-0.3, -0.25) is 9.10 Å². The van der Waals surface area contributed by atoms with Gasteiger partial charge in [-0.15, -0.1) is 0 Å². The van der Waals surface area contributed by atoms with Crippen LogP contribution in [-0.2, 0) is 4.79 Å². The third-order valence-corrected chi connectivity index (χ3v) is 4.77. The van der Waals surface area contributed by atoms with Crippen LogP contribution in [0.15, 0.2) is 29.4 Å². The highest BCUT2D eigenvalue weighted by Gasteiger charge is 2.26. The molecular weight excluding hydrogens is 268 g/mol. The Bertz CT molecular complexity index is 404. The standard InChI is InChI=1S/C16H24N2OS/c1-2-3-13-18(20-15-11-7-8-12-17-15)16(19)14-9-5-4-6-10-14/h7-8,11-12,14H,2-6,9-10,13H2,1H3. The van der Waals surface area contributed by atoms with Crippen molar-refractivity contribution in [3.8, 4) is 0 Å². The molecule has 110 valence electrons. The third kappa shape index (κ3) is 4.51. The fourth-order valence-corrected chi connectivity index (χ4v) is 3.50. The fraction of sp³-hybridized carbons (Fsp3) is 0.625. The van der Waals surface area contributed by atoms with Crippen molar-refractivity contribution in [1.29, 1.82) is 0 Å². The van der Waals surface area contributed by atoms with Crippen molar-refractivity contribution in [2.45, 2.75) is 56.9 Å². The zero-order chi connectivity index (χ0) is 14.2. The van der Waals surface area contributed by atoms with Crippen LogP contribution in [0.2, 0.25) is 0 Å². The number of carbonyl (C=O) groups excluding carboxylic acids is 1. The molecule has 0 unspecified atom stereocenters. The first-order chi connectivity index (χ1) is 9.81. The second kappa shape index (κ2) is 8.30. The average molecular weight is 292 g/mol. The number of nitrogens with zero attached hydrogens (tertiary/aromatic N) is 2. The second-order valence-corrected chi connectivity index (χ2v) is 6.43. The SMILES string of the molecule is CCCCN(Sc1ccccn1)C(=O)C1CCCCC1. The van der Waals surface area contributed by atoms with Gasteiger partial charge in [-0.05, 0) is 31.4 Å². The highest BCUT2D eigenvalue weighted by molar-refractivity contribution is 7.97. The largest absolute Gasteiger partial charge is 0.281 e. The summed E-state index contributed by atoms with van der Waals surface area (Å²) < 4.78 is 1.95. The Morgan fingerprint density at radius 2 is 2.15 bits per heavy atom. The summed E-state index contributed by atoms with van der Waals surface area (Å²) >= 11 is 1.50. The van der Waals surface area contributed by atoms with Gasteiger partial charge in [-0.2, -0.15) is 0 Å². The van der Waals surface area contributed by atoms with Crippen molar-refractivity contribution >= 4 is 17.9 Å². The highest BCUT2D eigenvalue weighted by atomic mass is 32.2. The van der Waals surface area contributed by atoms with Crippen molar-refractivity contribution in [1.82, 2.24) is 9.29 Å². The van der Waals surface area contributed by atoms with E-state index >= 15 is 0 Å². The Hall–Kier alpha value is -1.03. The Morgan fingerprint density at radius 1 is 1.35 bits per heavy atom. The molecular formula is C16H24N2OS. The number of unbranched alkanes of at least 4 members (excludes halogenated alkanes) is 1. The number of hydrogen-bond acceptors (Lipinski definition) is 3. The molecule has 0 bridgehead atoms. The molecule has 1 amide bonds. The molecule has 0 aliphatic heterocycles. The molecule has 1 aliphatic rings. The molecule has 0 atom stereocenters. The Kier molecular flexibility index (Phi) is 6.37. The highest BCUT2D eigenvalue weighted by Crippen LogP contribution is 2.30. The minimum atomic E-state index is 0.233. The van der Waals surface area contributed by atoms with Crippen molar-refractivity contribution in [2.75, 3.05) is 6.54 Å². The third-order valence-electron chi connectivity index (χ3n) is 3.76. The summed E-state index contributed by atoms with van der Waals surface area (Å²) in [5.41, 5.74) is 0. The van der Waals surface area contributed by atoms with Crippen molar-refractivity contribution in [2.24, 2.45) is 5.92 Å². The molecule has 3 nitrogen and oxygen atoms in total. The Balaban J connectivity index is 2.00. The summed E-state index contributed by atoms with van der Waals surface area (Å²) in [6.07, 6.45) is 9.75. The van der Waals surface area contributed by atoms with Crippen LogP contribution in [0.5, 0.6) is 0 Å². The van der Waals surface area contributed by atoms with Gasteiger partial charge < -0.3 is 0 Å². The summed E-state index contributed by atoms with van der Waals surface area (Å²) in [6, 6.07) is 5.85. The predicted molar refractivity (Wildman–Crippen MR) is 83.3 cm³/mol. The molecule has 2 rings (SSSR count). The number of carbonyl (C=O) groups is 1. The van der Waals surface area contributed by atoms with Gasteiger partial charge in [0, 0.05) is 30.6 Å². The van der Waals surface area contributed by atoms with E-state index in [-0.39, 0.29) is 5.92 Å². The van der Waals surface area contributed by atoms with Crippen molar-refractivity contribution < 1.29 is 4.79 Å². The molecule has 1 aromatic heterocycles. The maximum absolute atomic E-state index is 12.7. The quantitative estimate of drug-likeness (QED) is 0.733. The minimum Gasteiger partial charge on any atom is -0.281 e. The second-order valence-electron chi connectivity index (χ2n) is 5.39. The first-order valence-corrected chi connectivity index (χ1v) is 8.49. The topological polar surface area (TPSA) is 33.2 Å². The van der Waals surface area contributed by atoms with E-state index in [1.54, 1.807) is 6.20 Å². The summed E-state index contributed by atoms with van der Waals surface area (Å²) in [4.78, 5) is 17.0. The fourth-order valence-electron chi connectivity index (χ4n) is 2.57. The van der Waals surface area contributed by atoms with Crippen LogP contribution in [0.25, 0.3) is 0 Å². The molecule has 1 aromatic rings. The minimum absolute atomic E-state index is 0.233. The van der Waals surface area contributed by atoms with Gasteiger partial charge in [0.15, 0.2) is 0 Å². The summed E-state index contributed by atoms with van der Waals surface area (Å²) in [7, 11) is 0. The zero-order valence-electron chi connectivity index (χ0n) is 12.3. The summed E-state index contributed by atoms with van der Waals surface area (Å²) in [5.74, 6) is 0.547. The monoisotopic (exact) mass is 292 g/mol. The van der Waals surface area contributed by atoms with E-state index in [2.05, 4.69) is 11.9 Å². The van der Waals surface area contributed by atoms with Crippen molar-refractivity contribution in [3.05, 3.63) is 24.4 Å². The maximum atomic E-state index is 12.7. The number of amides is 1. The number of aromatic nitrogens is 1. The van der Waals surface area contributed by atoms with Gasteiger partial charge in [0.25, 0.3) is 0 Å². The van der Waals surface area contributed by atoms with E-state index in [1.165, 1.54) is 31.2 Å². The smallest absolute Gasteiger partial charge is 0.235 e. The van der Waals surface area contributed by atoms with Crippen LogP contribution >= 0.6 is 11.9 Å². The van der Waals surface area contributed by atoms with E-state index in [1.807, 2.05) is 22.5 Å². The van der Waals surface area contributed by atoms with Gasteiger partial charge in [0.2, 0.25) is 5.91 Å². The number of hydrogen-bond donors (Lipinski definition) is 0. The van der Waals surface area contributed by atoms with Gasteiger partial charge >= 0.3 is 0 Å². The van der Waals surface area contributed by atoms with Crippen molar-refractivity contribution in [3.63, 3.8) is 0 Å². The van der Waals surface area contributed by atoms with Gasteiger partial charge in [0.1, 0.15) is 5.03 Å². The predicted octanol–water partition coefficient (Wildman–Crippen LogP) is 4.30. The molecule has 1 heterocycles. The number of pyridine rings is 1. The van der Waals surface area contributed by atoms with Crippen LogP contribution in [0, 0.1) is 5.92 Å². The van der Waals surface area contributed by atoms with E-state index in [0.717, 1.165) is 37.3 Å². The van der Waals surface area contributed by atoms with Crippen LogP contribution in [0.1, 0.15) is 51.9 Å². The lowest BCUT2D eigenvalue weighted by atomic mass is 9.88. The average Bonchev–Trinajstić information content (AvgIpc) is 2.52. The molecule has 0 spiro atoms. The van der Waals surface area contributed by atoms with Crippen LogP contribution in [-0.4, -0.2) is 21.7 Å². The van der Waals surface area contributed by atoms with Gasteiger partial charge in [-0.25, -0.2) is 4.98 Å². The first-order valence-electron chi connectivity index (χ1n) is 7.71. The first kappa shape index (κ1) is 15.4. The molecule has 1 saturated carbocycles. The maximum Gasteiger partial charge on any atom is 0.235 e. The lowest BCUT2D eigenvalue weighted by molar-refractivity contribution is -0.131. The van der Waals surface area contributed by atoms with Crippen LogP contribution in [0.3, 0.4) is 0 Å². The zero-order valence-corrected chi connectivity index (χ0v) is 13.1. The lowest BCUT2D eigenvalue weighted by Crippen LogP contribution is -2.33. The van der Waals surface area contributed by atoms with E-state index in [0.29, 0.717) is 5.91 Å². The molecule has 20 heavy (non-hydrogen) atoms. The normalized spacial score (nSPS) is 16.1. The van der Waals surface area contributed by atoms with Crippen LogP contribution < -0.4 is 0 Å². The Morgan fingerprint density at radius 3 is 2.80 bits per heavy atom. The van der Waals surface area contributed by atoms with E-state index in [4.69, 9.17) is 0 Å². The molecule has 1 fully saturated rings. The molecule has 0 N–H and O–H groups in total. The van der Waals surface area contributed by atoms with E-state index < -0.39 is 0 Å². The molecule has 0 aromatic carbocycles.